The maximum absolute atomic E-state index is 6.47. The molecule has 0 atom stereocenters. The fourth-order valence-corrected chi connectivity index (χ4v) is 7.71. The quantitative estimate of drug-likeness (QED) is 0.203. The van der Waals surface area contributed by atoms with Crippen molar-refractivity contribution in [3.63, 3.8) is 0 Å². The van der Waals surface area contributed by atoms with Crippen molar-refractivity contribution in [1.82, 2.24) is 5.32 Å². The molecule has 2 aromatic heterocycles. The molecule has 0 fully saturated rings. The zero-order valence-electron chi connectivity index (χ0n) is 27.9. The van der Waals surface area contributed by atoms with E-state index >= 15 is 0 Å². The van der Waals surface area contributed by atoms with E-state index in [1.165, 1.54) is 10.8 Å². The Balaban J connectivity index is 1.08. The second kappa shape index (κ2) is 11.3. The summed E-state index contributed by atoms with van der Waals surface area (Å²) in [4.78, 5) is 10.6. The number of nitrogens with zero attached hydrogens (tertiary/aromatic N) is 2. The van der Waals surface area contributed by atoms with Crippen molar-refractivity contribution in [2.45, 2.75) is 6.17 Å². The van der Waals surface area contributed by atoms with Crippen LogP contribution in [0.3, 0.4) is 0 Å². The summed E-state index contributed by atoms with van der Waals surface area (Å²) in [6.07, 6.45) is -0.510. The molecule has 5 heteroatoms. The summed E-state index contributed by atoms with van der Waals surface area (Å²) in [6.45, 7) is 0. The van der Waals surface area contributed by atoms with Crippen LogP contribution in [0.15, 0.2) is 183 Å². The molecule has 0 radical (unpaired) electrons. The van der Waals surface area contributed by atoms with Crippen molar-refractivity contribution in [2.75, 3.05) is 0 Å². The topological polar surface area (TPSA) is 63.0 Å². The van der Waals surface area contributed by atoms with Crippen LogP contribution in [0.25, 0.3) is 76.5 Å². The standard InChI is InChI=1S/C47H29N3O2/c1-3-10-30-24-34(18-16-28(30)8-1)45-48-46(35-19-17-29-9-2-4-11-31(29)25-35)50-47(49-45)38-13-7-15-42-44(38)39-26-32(21-23-41(39)51-42)33-20-22-37-36-12-5-6-14-40(36)52-43(37)27-33/h1-27,47H,(H,48,49,50). The van der Waals surface area contributed by atoms with Crippen LogP contribution in [0.5, 0.6) is 0 Å². The molecular formula is C47H29N3O2. The number of fused-ring (bicyclic) bond motifs is 8. The minimum absolute atomic E-state index is 0.510. The highest BCUT2D eigenvalue weighted by atomic mass is 16.3. The maximum Gasteiger partial charge on any atom is 0.170 e. The fourth-order valence-electron chi connectivity index (χ4n) is 7.71. The van der Waals surface area contributed by atoms with Gasteiger partial charge in [-0.15, -0.1) is 0 Å². The van der Waals surface area contributed by atoms with E-state index in [9.17, 15) is 0 Å². The van der Waals surface area contributed by atoms with E-state index in [0.717, 1.165) is 94.1 Å². The lowest BCUT2D eigenvalue weighted by molar-refractivity contribution is 0.667. The Morgan fingerprint density at radius 2 is 0.942 bits per heavy atom. The molecular weight excluding hydrogens is 639 g/mol. The van der Waals surface area contributed by atoms with Crippen LogP contribution in [0.1, 0.15) is 22.9 Å². The van der Waals surface area contributed by atoms with Crippen LogP contribution in [-0.4, -0.2) is 11.7 Å². The molecule has 0 aliphatic carbocycles. The van der Waals surface area contributed by atoms with E-state index in [0.29, 0.717) is 0 Å². The number of benzene rings is 8. The number of rotatable bonds is 4. The molecule has 52 heavy (non-hydrogen) atoms. The van der Waals surface area contributed by atoms with E-state index in [4.69, 9.17) is 18.8 Å². The van der Waals surface area contributed by atoms with E-state index in [2.05, 4.69) is 139 Å². The molecule has 1 aliphatic heterocycles. The molecule has 8 aromatic carbocycles. The second-order valence-electron chi connectivity index (χ2n) is 13.4. The summed E-state index contributed by atoms with van der Waals surface area (Å²) in [5, 5.41) is 12.6. The SMILES string of the molecule is c1ccc2cc(C3=NC(c4cccc5oc6ccc(-c7ccc8c(c7)oc7ccccc78)cc6c45)N=C(c4ccc5ccccc5c4)N3)ccc2c1. The fraction of sp³-hybridized carbons (Fsp3) is 0.0213. The number of para-hydroxylation sites is 1. The second-order valence-corrected chi connectivity index (χ2v) is 13.4. The van der Waals surface area contributed by atoms with E-state index in [1.807, 2.05) is 30.3 Å². The monoisotopic (exact) mass is 667 g/mol. The highest BCUT2D eigenvalue weighted by molar-refractivity contribution is 6.18. The van der Waals surface area contributed by atoms with Gasteiger partial charge in [-0.2, -0.15) is 0 Å². The summed E-state index contributed by atoms with van der Waals surface area (Å²) in [6, 6.07) is 57.0. The van der Waals surface area contributed by atoms with Crippen LogP contribution in [0.2, 0.25) is 0 Å². The Hall–Kier alpha value is -6.98. The van der Waals surface area contributed by atoms with Gasteiger partial charge in [-0.1, -0.05) is 115 Å². The van der Waals surface area contributed by atoms with E-state index < -0.39 is 6.17 Å². The van der Waals surface area contributed by atoms with E-state index in [-0.39, 0.29) is 0 Å². The molecule has 0 amide bonds. The first kappa shape index (κ1) is 28.8. The van der Waals surface area contributed by atoms with Crippen molar-refractivity contribution in [2.24, 2.45) is 9.98 Å². The number of hydrogen-bond donors (Lipinski definition) is 1. The molecule has 5 nitrogen and oxygen atoms in total. The van der Waals surface area contributed by atoms with Crippen molar-refractivity contribution < 1.29 is 8.83 Å². The van der Waals surface area contributed by atoms with Crippen molar-refractivity contribution in [3.8, 4) is 11.1 Å². The van der Waals surface area contributed by atoms with Crippen molar-refractivity contribution in [1.29, 1.82) is 0 Å². The molecule has 0 bridgehead atoms. The van der Waals surface area contributed by atoms with Crippen LogP contribution in [0.4, 0.5) is 0 Å². The highest BCUT2D eigenvalue weighted by Crippen LogP contribution is 2.40. The first-order chi connectivity index (χ1) is 25.7. The Bertz CT molecular complexity index is 3030. The number of nitrogens with one attached hydrogen (secondary N) is 1. The van der Waals surface area contributed by atoms with Gasteiger partial charge >= 0.3 is 0 Å². The molecule has 0 unspecified atom stereocenters. The third kappa shape index (κ3) is 4.63. The van der Waals surface area contributed by atoms with Gasteiger partial charge in [-0.05, 0) is 81.2 Å². The van der Waals surface area contributed by atoms with Gasteiger partial charge in [0.2, 0.25) is 0 Å². The van der Waals surface area contributed by atoms with Gasteiger partial charge in [-0.25, -0.2) is 9.98 Å². The molecule has 11 rings (SSSR count). The largest absolute Gasteiger partial charge is 0.456 e. The van der Waals surface area contributed by atoms with Crippen LogP contribution in [0, 0.1) is 0 Å². The van der Waals surface area contributed by atoms with Crippen molar-refractivity contribution in [3.05, 3.63) is 180 Å². The number of amidine groups is 2. The Morgan fingerprint density at radius 3 is 1.69 bits per heavy atom. The van der Waals surface area contributed by atoms with Gasteiger partial charge in [0.25, 0.3) is 0 Å². The molecule has 1 aliphatic rings. The first-order valence-electron chi connectivity index (χ1n) is 17.5. The minimum Gasteiger partial charge on any atom is -0.456 e. The smallest absolute Gasteiger partial charge is 0.170 e. The lowest BCUT2D eigenvalue weighted by Crippen LogP contribution is -2.36. The van der Waals surface area contributed by atoms with Gasteiger partial charge in [0.15, 0.2) is 6.17 Å². The normalized spacial score (nSPS) is 13.7. The van der Waals surface area contributed by atoms with Gasteiger partial charge in [0.1, 0.15) is 34.0 Å². The zero-order chi connectivity index (χ0) is 34.2. The Kier molecular flexibility index (Phi) is 6.25. The summed E-state index contributed by atoms with van der Waals surface area (Å²) in [5.41, 5.74) is 8.55. The summed E-state index contributed by atoms with van der Waals surface area (Å²) >= 11 is 0. The zero-order valence-corrected chi connectivity index (χ0v) is 27.9. The Morgan fingerprint density at radius 1 is 0.385 bits per heavy atom. The molecule has 1 N–H and O–H groups in total. The minimum atomic E-state index is -0.510. The Labute approximate surface area is 298 Å². The molecule has 244 valence electrons. The molecule has 0 spiro atoms. The predicted molar refractivity (Wildman–Crippen MR) is 213 cm³/mol. The lowest BCUT2D eigenvalue weighted by atomic mass is 9.98. The van der Waals surface area contributed by atoms with Gasteiger partial charge < -0.3 is 14.2 Å². The maximum atomic E-state index is 6.47. The number of furan rings is 2. The predicted octanol–water partition coefficient (Wildman–Crippen LogP) is 12.0. The molecule has 0 saturated carbocycles. The molecule has 0 saturated heterocycles. The molecule has 10 aromatic rings. The van der Waals surface area contributed by atoms with Gasteiger partial charge in [0, 0.05) is 38.2 Å². The summed E-state index contributed by atoms with van der Waals surface area (Å²) in [5.74, 6) is 1.55. The number of aliphatic imine (C=N–C) groups is 2. The van der Waals surface area contributed by atoms with Gasteiger partial charge in [-0.3, -0.25) is 0 Å². The lowest BCUT2D eigenvalue weighted by Gasteiger charge is -2.23. The van der Waals surface area contributed by atoms with Crippen LogP contribution < -0.4 is 5.32 Å². The van der Waals surface area contributed by atoms with E-state index in [1.54, 1.807) is 0 Å². The summed E-state index contributed by atoms with van der Waals surface area (Å²) < 4.78 is 12.7. The van der Waals surface area contributed by atoms with Crippen molar-refractivity contribution >= 4 is 77.1 Å². The van der Waals surface area contributed by atoms with Crippen LogP contribution >= 0.6 is 0 Å². The van der Waals surface area contributed by atoms with Gasteiger partial charge in [0.05, 0.1) is 0 Å². The van der Waals surface area contributed by atoms with Crippen LogP contribution in [-0.2, 0) is 0 Å². The average Bonchev–Trinajstić information content (AvgIpc) is 3.78. The first-order valence-corrected chi connectivity index (χ1v) is 17.5. The average molecular weight is 668 g/mol. The molecule has 3 heterocycles. The number of hydrogen-bond acceptors (Lipinski definition) is 5. The third-order valence-corrected chi connectivity index (χ3v) is 10.3. The third-order valence-electron chi connectivity index (χ3n) is 10.3. The highest BCUT2D eigenvalue weighted by Gasteiger charge is 2.24. The summed E-state index contributed by atoms with van der Waals surface area (Å²) in [7, 11) is 0.